The molecule has 0 radical (unpaired) electrons. The molecule has 4 heteroatoms. The van der Waals surface area contributed by atoms with Gasteiger partial charge < -0.3 is 5.11 Å². The molecule has 1 saturated carbocycles. The van der Waals surface area contributed by atoms with E-state index in [2.05, 4.69) is 67.6 Å². The van der Waals surface area contributed by atoms with E-state index in [1.165, 1.54) is 84.9 Å². The summed E-state index contributed by atoms with van der Waals surface area (Å²) >= 11 is 1.91. The van der Waals surface area contributed by atoms with Crippen LogP contribution in [-0.2, 0) is 4.79 Å². The van der Waals surface area contributed by atoms with Crippen molar-refractivity contribution in [1.29, 1.82) is 0 Å². The van der Waals surface area contributed by atoms with Crippen molar-refractivity contribution < 1.29 is 14.7 Å². The number of carbonyl (C=O) groups is 2. The minimum atomic E-state index is -0.855. The van der Waals surface area contributed by atoms with Crippen molar-refractivity contribution >= 4 is 23.5 Å². The third-order valence-corrected chi connectivity index (χ3v) is 9.51. The topological polar surface area (TPSA) is 54.4 Å². The van der Waals surface area contributed by atoms with Crippen molar-refractivity contribution in [1.82, 2.24) is 0 Å². The smallest absolute Gasteiger partial charge is 0.303 e. The van der Waals surface area contributed by atoms with Crippen LogP contribution in [0.2, 0.25) is 0 Å². The lowest BCUT2D eigenvalue weighted by molar-refractivity contribution is -0.137. The van der Waals surface area contributed by atoms with Gasteiger partial charge in [0, 0.05) is 28.6 Å². The predicted molar refractivity (Wildman–Crippen MR) is 167 cm³/mol. The normalized spacial score (nSPS) is 14.6. The number of ketones is 1. The van der Waals surface area contributed by atoms with E-state index >= 15 is 0 Å². The molecule has 3 aromatic rings. The second-order valence-electron chi connectivity index (χ2n) is 11.2. The van der Waals surface area contributed by atoms with Crippen LogP contribution in [-0.4, -0.2) is 16.9 Å². The quantitative estimate of drug-likeness (QED) is 0.115. The van der Waals surface area contributed by atoms with Crippen LogP contribution in [0.15, 0.2) is 77.7 Å². The van der Waals surface area contributed by atoms with Gasteiger partial charge in [-0.2, -0.15) is 0 Å². The molecule has 4 rings (SSSR count). The van der Waals surface area contributed by atoms with E-state index in [9.17, 15) is 9.59 Å². The Morgan fingerprint density at radius 1 is 0.775 bits per heavy atom. The van der Waals surface area contributed by atoms with Crippen molar-refractivity contribution in [2.45, 2.75) is 106 Å². The lowest BCUT2D eigenvalue weighted by Gasteiger charge is -2.22. The Balaban J connectivity index is 1.40. The van der Waals surface area contributed by atoms with Gasteiger partial charge in [-0.25, -0.2) is 0 Å². The van der Waals surface area contributed by atoms with Crippen LogP contribution in [0.4, 0.5) is 0 Å². The maximum atomic E-state index is 12.5. The van der Waals surface area contributed by atoms with E-state index in [1.54, 1.807) is 0 Å². The van der Waals surface area contributed by atoms with E-state index in [0.29, 0.717) is 17.2 Å². The third kappa shape index (κ3) is 9.09. The summed E-state index contributed by atoms with van der Waals surface area (Å²) < 4.78 is 0. The molecular weight excluding hydrogens is 512 g/mol. The molecule has 0 aromatic heterocycles. The summed E-state index contributed by atoms with van der Waals surface area (Å²) in [5, 5.41) is 9.16. The maximum absolute atomic E-state index is 12.5. The molecule has 0 bridgehead atoms. The second-order valence-corrected chi connectivity index (χ2v) is 12.5. The van der Waals surface area contributed by atoms with Gasteiger partial charge in [0.1, 0.15) is 0 Å². The van der Waals surface area contributed by atoms with Crippen LogP contribution in [0.1, 0.15) is 123 Å². The fourth-order valence-electron chi connectivity index (χ4n) is 5.75. The number of carboxylic acids is 1. The molecule has 1 aliphatic carbocycles. The first kappa shape index (κ1) is 30.1. The number of benzene rings is 3. The highest BCUT2D eigenvalue weighted by molar-refractivity contribution is 7.99. The average molecular weight is 557 g/mol. The zero-order chi connectivity index (χ0) is 28.2. The summed E-state index contributed by atoms with van der Waals surface area (Å²) in [6.07, 6.45) is 13.5. The Hall–Kier alpha value is -2.85. The van der Waals surface area contributed by atoms with Crippen molar-refractivity contribution in [3.63, 3.8) is 0 Å². The van der Waals surface area contributed by atoms with Gasteiger partial charge in [-0.05, 0) is 66.0 Å². The van der Waals surface area contributed by atoms with Gasteiger partial charge in [-0.15, -0.1) is 11.8 Å². The van der Waals surface area contributed by atoms with Crippen molar-refractivity contribution in [2.75, 3.05) is 0 Å². The molecule has 212 valence electrons. The number of thioether (sulfide) groups is 1. The minimum absolute atomic E-state index is 0.0160. The maximum Gasteiger partial charge on any atom is 0.303 e. The highest BCUT2D eigenvalue weighted by Crippen LogP contribution is 2.40. The number of carbonyl (C=O) groups excluding carboxylic acids is 1. The lowest BCUT2D eigenvalue weighted by Crippen LogP contribution is -2.04. The van der Waals surface area contributed by atoms with Gasteiger partial charge in [-0.3, -0.25) is 9.59 Å². The molecule has 0 aliphatic heterocycles. The van der Waals surface area contributed by atoms with Crippen LogP contribution >= 0.6 is 11.8 Å². The van der Waals surface area contributed by atoms with Gasteiger partial charge in [-0.1, -0.05) is 113 Å². The molecule has 0 spiro atoms. The molecule has 3 nitrogen and oxygen atoms in total. The summed E-state index contributed by atoms with van der Waals surface area (Å²) in [7, 11) is 0. The monoisotopic (exact) mass is 556 g/mol. The Morgan fingerprint density at radius 2 is 1.43 bits per heavy atom. The van der Waals surface area contributed by atoms with Crippen LogP contribution in [0.25, 0.3) is 11.1 Å². The number of aliphatic carboxylic acids is 1. The van der Waals surface area contributed by atoms with Crippen molar-refractivity contribution in [3.8, 4) is 11.1 Å². The molecule has 1 atom stereocenters. The average Bonchev–Trinajstić information content (AvgIpc) is 2.99. The molecule has 1 unspecified atom stereocenters. The number of hydrogen-bond acceptors (Lipinski definition) is 3. The molecule has 0 heterocycles. The highest BCUT2D eigenvalue weighted by Gasteiger charge is 2.17. The van der Waals surface area contributed by atoms with E-state index in [0.717, 1.165) is 12.3 Å². The van der Waals surface area contributed by atoms with Crippen molar-refractivity contribution in [2.24, 2.45) is 0 Å². The molecule has 1 aliphatic rings. The molecule has 0 amide bonds. The van der Waals surface area contributed by atoms with E-state index in [4.69, 9.17) is 5.11 Å². The lowest BCUT2D eigenvalue weighted by atomic mass is 9.84. The Morgan fingerprint density at radius 3 is 2.05 bits per heavy atom. The molecule has 1 N–H and O–H groups in total. The second kappa shape index (κ2) is 15.8. The van der Waals surface area contributed by atoms with E-state index in [1.807, 2.05) is 23.9 Å². The van der Waals surface area contributed by atoms with E-state index < -0.39 is 5.97 Å². The van der Waals surface area contributed by atoms with Gasteiger partial charge in [0.05, 0.1) is 0 Å². The molecular formula is C36H44O3S. The summed E-state index contributed by atoms with van der Waals surface area (Å²) in [6.45, 7) is 2.24. The number of hydrogen-bond donors (Lipinski definition) is 1. The highest BCUT2D eigenvalue weighted by atomic mass is 32.2. The Bertz CT molecular complexity index is 1190. The number of rotatable bonds is 15. The summed E-state index contributed by atoms with van der Waals surface area (Å²) in [6, 6.07) is 26.2. The van der Waals surface area contributed by atoms with Crippen molar-refractivity contribution in [3.05, 3.63) is 89.5 Å². The number of Topliss-reactive ketones (excluding diaryl/α,β-unsaturated/α-hetero) is 1. The number of carboxylic acid groups (broad SMARTS) is 1. The summed E-state index contributed by atoms with van der Waals surface area (Å²) in [4.78, 5) is 24.5. The summed E-state index contributed by atoms with van der Waals surface area (Å²) in [5.41, 5.74) is 5.93. The zero-order valence-electron chi connectivity index (χ0n) is 23.9. The van der Waals surface area contributed by atoms with Crippen LogP contribution in [0.3, 0.4) is 0 Å². The Kier molecular flexibility index (Phi) is 11.9. The predicted octanol–water partition coefficient (Wildman–Crippen LogP) is 10.6. The summed E-state index contributed by atoms with van der Waals surface area (Å²) in [5.74, 6) is -0.103. The minimum Gasteiger partial charge on any atom is -0.481 e. The van der Waals surface area contributed by atoms with Crippen LogP contribution in [0.5, 0.6) is 0 Å². The first-order chi connectivity index (χ1) is 19.5. The van der Waals surface area contributed by atoms with Gasteiger partial charge in [0.15, 0.2) is 5.78 Å². The van der Waals surface area contributed by atoms with Gasteiger partial charge in [0.2, 0.25) is 0 Å². The molecule has 3 aromatic carbocycles. The SMILES string of the molecule is CCCCCCC(Sc1ccc(-c2ccc(C3CCCCC3)cc2)cc1)c1ccc(C(=O)CCCC(=O)O)cc1. The zero-order valence-corrected chi connectivity index (χ0v) is 24.8. The largest absolute Gasteiger partial charge is 0.481 e. The fourth-order valence-corrected chi connectivity index (χ4v) is 6.95. The third-order valence-electron chi connectivity index (χ3n) is 8.17. The molecule has 1 fully saturated rings. The molecule has 0 saturated heterocycles. The van der Waals surface area contributed by atoms with E-state index in [-0.39, 0.29) is 18.6 Å². The standard InChI is InChI=1S/C36H44O3S/c1-2-3-4-8-13-35(32-21-19-31(20-22-32)34(37)12-9-14-36(38)39)40-33-25-23-30(24-26-33)29-17-15-28(16-18-29)27-10-6-5-7-11-27/h15-27,35H,2-14H2,1H3,(H,38,39). The molecule has 40 heavy (non-hydrogen) atoms. The first-order valence-electron chi connectivity index (χ1n) is 15.3. The fraction of sp³-hybridized carbons (Fsp3) is 0.444. The van der Waals surface area contributed by atoms with Crippen LogP contribution in [0, 0.1) is 0 Å². The van der Waals surface area contributed by atoms with Gasteiger partial charge >= 0.3 is 5.97 Å². The van der Waals surface area contributed by atoms with Crippen LogP contribution < -0.4 is 0 Å². The van der Waals surface area contributed by atoms with Gasteiger partial charge in [0.25, 0.3) is 0 Å². The number of unbranched alkanes of at least 4 members (excludes halogenated alkanes) is 3. The Labute approximate surface area is 244 Å². The first-order valence-corrected chi connectivity index (χ1v) is 16.1.